The van der Waals surface area contributed by atoms with Gasteiger partial charge in [0.15, 0.2) is 0 Å². The normalized spacial score (nSPS) is 9.21. The Morgan fingerprint density at radius 1 is 1.14 bits per heavy atom. The van der Waals surface area contributed by atoms with Crippen molar-refractivity contribution in [1.82, 2.24) is 4.72 Å². The Kier molecular flexibility index (Phi) is 11.2. The number of ether oxygens (including phenoxy) is 1. The van der Waals surface area contributed by atoms with E-state index in [2.05, 4.69) is 17.5 Å². The minimum atomic E-state index is 0. The minimum absolute atomic E-state index is 0. The monoisotopic (exact) mass is 235 g/mol. The molecule has 0 saturated carbocycles. The van der Waals surface area contributed by atoms with E-state index in [1.54, 1.807) is 0 Å². The first-order valence-electron chi connectivity index (χ1n) is 4.46. The summed E-state index contributed by atoms with van der Waals surface area (Å²) in [6.07, 6.45) is 2.11. The fourth-order valence-corrected chi connectivity index (χ4v) is 1.15. The zero-order valence-electron chi connectivity index (χ0n) is 8.53. The van der Waals surface area contributed by atoms with Gasteiger partial charge in [-0.15, -0.1) is 0 Å². The molecule has 0 bridgehead atoms. The summed E-state index contributed by atoms with van der Waals surface area (Å²) in [5, 5.41) is 0. The van der Waals surface area contributed by atoms with Gasteiger partial charge >= 0.3 is 51.4 Å². The Morgan fingerprint density at radius 2 is 1.86 bits per heavy atom. The predicted octanol–water partition coefficient (Wildman–Crippen LogP) is -1.10. The van der Waals surface area contributed by atoms with Crippen molar-refractivity contribution in [3.05, 3.63) is 30.3 Å². The Labute approximate surface area is 134 Å². The third-order valence-corrected chi connectivity index (χ3v) is 1.89. The zero-order chi connectivity index (χ0) is 9.36. The minimum Gasteiger partial charge on any atom is -0.705 e. The van der Waals surface area contributed by atoms with Crippen molar-refractivity contribution in [2.45, 2.75) is 12.8 Å². The molecule has 0 aliphatic heterocycles. The molecule has 0 fully saturated rings. The van der Waals surface area contributed by atoms with Crippen LogP contribution in [0.25, 0.3) is 0 Å². The van der Waals surface area contributed by atoms with Gasteiger partial charge in [-0.05, 0) is 31.5 Å². The van der Waals surface area contributed by atoms with Crippen LogP contribution in [0.5, 0.6) is 5.75 Å². The number of para-hydroxylation sites is 1. The van der Waals surface area contributed by atoms with Crippen LogP contribution in [0.3, 0.4) is 0 Å². The van der Waals surface area contributed by atoms with Crippen molar-refractivity contribution in [3.63, 3.8) is 0 Å². The maximum atomic E-state index is 5.49. The van der Waals surface area contributed by atoms with E-state index < -0.39 is 0 Å². The zero-order valence-corrected chi connectivity index (χ0v) is 12.5. The molecule has 0 amide bonds. The Hall–Kier alpha value is 0.966. The molecule has 1 aromatic carbocycles. The summed E-state index contributed by atoms with van der Waals surface area (Å²) in [5.74, 6) is 0.939. The third-order valence-electron chi connectivity index (χ3n) is 1.69. The van der Waals surface area contributed by atoms with E-state index in [0.29, 0.717) is 0 Å². The van der Waals surface area contributed by atoms with E-state index in [1.807, 2.05) is 30.3 Å². The van der Waals surface area contributed by atoms with Crippen molar-refractivity contribution in [3.8, 4) is 5.75 Å². The standard InChI is InChI=1S/C10H14NOS.K/c13-11-8-4-5-9-12-10-6-2-1-3-7-10;/h1-3,6-7,11H,4-5,8-9H2;/q-1;+1. The first-order valence-corrected chi connectivity index (χ1v) is 4.87. The van der Waals surface area contributed by atoms with Crippen LogP contribution >= 0.6 is 0 Å². The number of hydrogen-bond acceptors (Lipinski definition) is 3. The summed E-state index contributed by atoms with van der Waals surface area (Å²) >= 11 is 4.60. The molecule has 0 aromatic heterocycles. The van der Waals surface area contributed by atoms with Gasteiger partial charge in [-0.3, -0.25) is 0 Å². The fourth-order valence-electron chi connectivity index (χ4n) is 1.01. The van der Waals surface area contributed by atoms with E-state index >= 15 is 0 Å². The summed E-state index contributed by atoms with van der Waals surface area (Å²) < 4.78 is 8.18. The Bertz CT molecular complexity index is 221. The maximum absolute atomic E-state index is 5.49. The van der Waals surface area contributed by atoms with Crippen molar-refractivity contribution in [2.24, 2.45) is 0 Å². The molecular weight excluding hydrogens is 221 g/mol. The topological polar surface area (TPSA) is 21.3 Å². The molecule has 14 heavy (non-hydrogen) atoms. The summed E-state index contributed by atoms with van der Waals surface area (Å²) in [7, 11) is 0. The van der Waals surface area contributed by atoms with Gasteiger partial charge in [-0.1, -0.05) is 18.2 Å². The number of nitrogens with one attached hydrogen (secondary N) is 1. The SMILES string of the molecule is [K+].[S-]NCCCCOc1ccccc1. The van der Waals surface area contributed by atoms with Crippen LogP contribution in [0.1, 0.15) is 12.8 Å². The van der Waals surface area contributed by atoms with Crippen molar-refractivity contribution < 1.29 is 56.1 Å². The van der Waals surface area contributed by atoms with Crippen LogP contribution in [0, 0.1) is 0 Å². The molecule has 0 saturated heterocycles. The van der Waals surface area contributed by atoms with E-state index in [4.69, 9.17) is 4.74 Å². The van der Waals surface area contributed by atoms with Gasteiger partial charge in [0.2, 0.25) is 0 Å². The molecule has 0 atom stereocenters. The molecule has 0 unspecified atom stereocenters. The second kappa shape index (κ2) is 10.5. The van der Waals surface area contributed by atoms with E-state index in [1.165, 1.54) is 0 Å². The summed E-state index contributed by atoms with van der Waals surface area (Å²) in [6.45, 7) is 1.65. The predicted molar refractivity (Wildman–Crippen MR) is 56.5 cm³/mol. The van der Waals surface area contributed by atoms with Gasteiger partial charge in [0, 0.05) is 0 Å². The number of rotatable bonds is 6. The average Bonchev–Trinajstić information content (AvgIpc) is 2.19. The third kappa shape index (κ3) is 7.28. The van der Waals surface area contributed by atoms with Gasteiger partial charge in [0.25, 0.3) is 0 Å². The van der Waals surface area contributed by atoms with Crippen LogP contribution in [-0.4, -0.2) is 13.2 Å². The van der Waals surface area contributed by atoms with Crippen molar-refractivity contribution in [1.29, 1.82) is 0 Å². The van der Waals surface area contributed by atoms with Crippen LogP contribution < -0.4 is 60.8 Å². The second-order valence-corrected chi connectivity index (χ2v) is 3.05. The number of benzene rings is 1. The largest absolute Gasteiger partial charge is 1.00 e. The summed E-state index contributed by atoms with van der Waals surface area (Å²) in [6, 6.07) is 9.85. The first kappa shape index (κ1) is 15.0. The molecule has 1 aromatic rings. The van der Waals surface area contributed by atoms with Gasteiger partial charge < -0.3 is 22.3 Å². The van der Waals surface area contributed by atoms with Gasteiger partial charge in [-0.25, -0.2) is 0 Å². The molecule has 0 spiro atoms. The smallest absolute Gasteiger partial charge is 0.705 e. The van der Waals surface area contributed by atoms with Gasteiger partial charge in [0.1, 0.15) is 5.75 Å². The fraction of sp³-hybridized carbons (Fsp3) is 0.400. The maximum Gasteiger partial charge on any atom is 1.00 e. The quantitative estimate of drug-likeness (QED) is 0.384. The number of hydrogen-bond donors (Lipinski definition) is 1. The van der Waals surface area contributed by atoms with Crippen LogP contribution in [0.2, 0.25) is 0 Å². The molecule has 72 valence electrons. The Balaban J connectivity index is 0.00000169. The second-order valence-electron chi connectivity index (χ2n) is 2.76. The molecular formula is C10H14KNOS. The molecule has 1 rings (SSSR count). The molecule has 0 radical (unpaired) electrons. The molecule has 2 nitrogen and oxygen atoms in total. The first-order chi connectivity index (χ1) is 6.43. The molecule has 0 aliphatic rings. The van der Waals surface area contributed by atoms with Crippen molar-refractivity contribution >= 4 is 12.8 Å². The van der Waals surface area contributed by atoms with Crippen molar-refractivity contribution in [2.75, 3.05) is 13.2 Å². The molecule has 1 N–H and O–H groups in total. The summed E-state index contributed by atoms with van der Waals surface area (Å²) in [5.41, 5.74) is 0. The Morgan fingerprint density at radius 3 is 2.50 bits per heavy atom. The van der Waals surface area contributed by atoms with Crippen LogP contribution in [0.4, 0.5) is 0 Å². The van der Waals surface area contributed by atoms with Crippen LogP contribution in [-0.2, 0) is 12.8 Å². The molecule has 4 heteroatoms. The van der Waals surface area contributed by atoms with E-state index in [9.17, 15) is 0 Å². The van der Waals surface area contributed by atoms with Gasteiger partial charge in [-0.2, -0.15) is 0 Å². The average molecular weight is 235 g/mol. The van der Waals surface area contributed by atoms with E-state index in [-0.39, 0.29) is 51.4 Å². The van der Waals surface area contributed by atoms with Crippen LogP contribution in [0.15, 0.2) is 30.3 Å². The molecule has 0 aliphatic carbocycles. The summed E-state index contributed by atoms with van der Waals surface area (Å²) in [4.78, 5) is 0. The van der Waals surface area contributed by atoms with E-state index in [0.717, 1.165) is 31.7 Å². The van der Waals surface area contributed by atoms with Gasteiger partial charge in [0.05, 0.1) is 6.61 Å². The number of unbranched alkanes of at least 4 members (excludes halogenated alkanes) is 1. The molecule has 0 heterocycles.